The number of aliphatic carboxylic acids is 1. The lowest BCUT2D eigenvalue weighted by Gasteiger charge is -2.34. The minimum atomic E-state index is -1.22. The van der Waals surface area contributed by atoms with Gasteiger partial charge in [-0.3, -0.25) is 9.48 Å². The van der Waals surface area contributed by atoms with Gasteiger partial charge in [0.1, 0.15) is 12.1 Å². The maximum absolute atomic E-state index is 12.9. The number of carbonyl (C=O) groups excluding carboxylic acids is 2. The molecule has 1 aromatic carbocycles. The number of carboxylic acids is 1. The first-order valence-corrected chi connectivity index (χ1v) is 11.3. The van der Waals surface area contributed by atoms with E-state index in [1.807, 2.05) is 19.1 Å². The molecule has 1 amide bonds. The van der Waals surface area contributed by atoms with Gasteiger partial charge in [-0.05, 0) is 58.7 Å². The van der Waals surface area contributed by atoms with Crippen LogP contribution >= 0.6 is 0 Å². The molecule has 2 heterocycles. The van der Waals surface area contributed by atoms with Crippen LogP contribution in [0.5, 0.6) is 0 Å². The normalized spacial score (nSPS) is 16.4. The molecule has 9 nitrogen and oxygen atoms in total. The van der Waals surface area contributed by atoms with Crippen LogP contribution in [0.2, 0.25) is 0 Å². The molecule has 0 bridgehead atoms. The lowest BCUT2D eigenvalue weighted by atomic mass is 9.96. The summed E-state index contributed by atoms with van der Waals surface area (Å²) in [5.41, 5.74) is 1.10. The highest BCUT2D eigenvalue weighted by molar-refractivity contribution is 6.05. The van der Waals surface area contributed by atoms with Crippen LogP contribution in [0, 0.1) is 5.92 Å². The van der Waals surface area contributed by atoms with E-state index >= 15 is 0 Å². The Morgan fingerprint density at radius 1 is 1.21 bits per heavy atom. The van der Waals surface area contributed by atoms with Crippen molar-refractivity contribution in [3.8, 4) is 0 Å². The van der Waals surface area contributed by atoms with Crippen LogP contribution in [-0.2, 0) is 14.3 Å². The number of piperidine rings is 1. The van der Waals surface area contributed by atoms with Crippen LogP contribution in [0.1, 0.15) is 50.0 Å². The van der Waals surface area contributed by atoms with Crippen LogP contribution in [0.25, 0.3) is 10.9 Å². The number of ether oxygens (including phenoxy) is 1. The Morgan fingerprint density at radius 2 is 1.94 bits per heavy atom. The Kier molecular flexibility index (Phi) is 8.21. The molecule has 1 fully saturated rings. The average Bonchev–Trinajstić information content (AvgIpc) is 3.24. The summed E-state index contributed by atoms with van der Waals surface area (Å²) in [4.78, 5) is 37.4. The van der Waals surface area contributed by atoms with E-state index in [-0.39, 0.29) is 18.6 Å². The van der Waals surface area contributed by atoms with Crippen molar-refractivity contribution in [1.82, 2.24) is 20.0 Å². The highest BCUT2D eigenvalue weighted by Gasteiger charge is 2.22. The Labute approximate surface area is 193 Å². The van der Waals surface area contributed by atoms with Gasteiger partial charge in [0.15, 0.2) is 0 Å². The zero-order chi connectivity index (χ0) is 24.0. The number of esters is 1. The molecule has 1 unspecified atom stereocenters. The number of benzene rings is 1. The largest absolute Gasteiger partial charge is 0.478 e. The quantitative estimate of drug-likeness (QED) is 0.440. The smallest absolute Gasteiger partial charge is 0.331 e. The third kappa shape index (κ3) is 6.64. The summed E-state index contributed by atoms with van der Waals surface area (Å²) in [5, 5.41) is 17.0. The summed E-state index contributed by atoms with van der Waals surface area (Å²) < 4.78 is 6.73. The zero-order valence-corrected chi connectivity index (χ0v) is 19.4. The van der Waals surface area contributed by atoms with E-state index in [1.165, 1.54) is 0 Å². The van der Waals surface area contributed by atoms with Crippen LogP contribution in [0.15, 0.2) is 36.5 Å². The van der Waals surface area contributed by atoms with E-state index in [0.717, 1.165) is 43.5 Å². The number of hydrogen-bond acceptors (Lipinski definition) is 6. The van der Waals surface area contributed by atoms with Crippen molar-refractivity contribution in [3.63, 3.8) is 0 Å². The maximum Gasteiger partial charge on any atom is 0.331 e. The number of nitrogens with one attached hydrogen (secondary N) is 1. The molecule has 178 valence electrons. The van der Waals surface area contributed by atoms with E-state index in [1.54, 1.807) is 16.9 Å². The van der Waals surface area contributed by atoms with Crippen LogP contribution in [0.3, 0.4) is 0 Å². The third-order valence-electron chi connectivity index (χ3n) is 6.01. The summed E-state index contributed by atoms with van der Waals surface area (Å²) in [6.45, 7) is 9.04. The topological polar surface area (TPSA) is 114 Å². The van der Waals surface area contributed by atoms with Gasteiger partial charge in [-0.25, -0.2) is 9.59 Å². The Hall–Kier alpha value is -3.20. The molecule has 9 heteroatoms. The number of carbonyl (C=O) groups is 3. The minimum absolute atomic E-state index is 0.0212. The lowest BCUT2D eigenvalue weighted by Crippen LogP contribution is -2.41. The van der Waals surface area contributed by atoms with Gasteiger partial charge in [0.05, 0.1) is 11.6 Å². The fraction of sp³-hybridized carbons (Fsp3) is 0.500. The predicted octanol–water partition coefficient (Wildman–Crippen LogP) is 2.63. The van der Waals surface area contributed by atoms with Gasteiger partial charge >= 0.3 is 11.9 Å². The highest BCUT2D eigenvalue weighted by atomic mass is 16.5. The van der Waals surface area contributed by atoms with Crippen molar-refractivity contribution >= 4 is 28.7 Å². The van der Waals surface area contributed by atoms with E-state index < -0.39 is 11.9 Å². The molecule has 3 rings (SSSR count). The molecule has 0 radical (unpaired) electrons. The third-order valence-corrected chi connectivity index (χ3v) is 6.01. The fourth-order valence-electron chi connectivity index (χ4n) is 3.95. The molecule has 0 aliphatic carbocycles. The van der Waals surface area contributed by atoms with Crippen LogP contribution in [0.4, 0.5) is 0 Å². The Morgan fingerprint density at radius 3 is 2.61 bits per heavy atom. The molecule has 1 aliphatic rings. The molecule has 1 atom stereocenters. The first kappa shape index (κ1) is 24.4. The van der Waals surface area contributed by atoms with Crippen molar-refractivity contribution in [2.24, 2.45) is 5.92 Å². The minimum Gasteiger partial charge on any atom is -0.478 e. The van der Waals surface area contributed by atoms with Crippen molar-refractivity contribution in [1.29, 1.82) is 0 Å². The molecule has 1 aliphatic heterocycles. The number of amides is 1. The number of hydrogen-bond donors (Lipinski definition) is 2. The fourth-order valence-corrected chi connectivity index (χ4v) is 3.95. The molecule has 0 saturated carbocycles. The van der Waals surface area contributed by atoms with Crippen molar-refractivity contribution in [2.45, 2.75) is 45.7 Å². The van der Waals surface area contributed by atoms with E-state index in [2.05, 4.69) is 29.2 Å². The van der Waals surface area contributed by atoms with Gasteiger partial charge in [-0.2, -0.15) is 5.10 Å². The van der Waals surface area contributed by atoms with Gasteiger partial charge in [0, 0.05) is 36.3 Å². The number of nitrogens with zero attached hydrogens (tertiary/aromatic N) is 3. The van der Waals surface area contributed by atoms with Crippen LogP contribution < -0.4 is 5.32 Å². The van der Waals surface area contributed by atoms with Gasteiger partial charge < -0.3 is 20.1 Å². The average molecular weight is 457 g/mol. The zero-order valence-electron chi connectivity index (χ0n) is 19.4. The summed E-state index contributed by atoms with van der Waals surface area (Å²) >= 11 is 0. The summed E-state index contributed by atoms with van der Waals surface area (Å²) in [7, 11) is 0. The monoisotopic (exact) mass is 456 g/mol. The van der Waals surface area contributed by atoms with Gasteiger partial charge in [-0.15, -0.1) is 0 Å². The van der Waals surface area contributed by atoms with E-state index in [0.29, 0.717) is 29.6 Å². The molecule has 2 aromatic rings. The summed E-state index contributed by atoms with van der Waals surface area (Å²) in [6.07, 6.45) is 5.56. The van der Waals surface area contributed by atoms with Gasteiger partial charge in [0.2, 0.25) is 0 Å². The summed E-state index contributed by atoms with van der Waals surface area (Å²) in [6, 6.07) is 5.73. The number of rotatable bonds is 9. The molecule has 33 heavy (non-hydrogen) atoms. The molecular formula is C24H32N4O5. The second-order valence-corrected chi connectivity index (χ2v) is 8.79. The first-order chi connectivity index (χ1) is 15.7. The second-order valence-electron chi connectivity index (χ2n) is 8.79. The number of fused-ring (bicyclic) bond motifs is 1. The number of carboxylic acid groups (broad SMARTS) is 1. The van der Waals surface area contributed by atoms with Gasteiger partial charge in [-0.1, -0.05) is 12.1 Å². The second kappa shape index (κ2) is 11.1. The first-order valence-electron chi connectivity index (χ1n) is 11.3. The van der Waals surface area contributed by atoms with E-state index in [9.17, 15) is 14.4 Å². The molecule has 0 spiro atoms. The van der Waals surface area contributed by atoms with Crippen molar-refractivity contribution in [2.75, 3.05) is 26.2 Å². The highest BCUT2D eigenvalue weighted by Crippen LogP contribution is 2.21. The number of aromatic nitrogens is 2. The molecule has 2 N–H and O–H groups in total. The maximum atomic E-state index is 12.9. The Balaban J connectivity index is 1.60. The van der Waals surface area contributed by atoms with Crippen molar-refractivity contribution < 1.29 is 24.2 Å². The van der Waals surface area contributed by atoms with Crippen molar-refractivity contribution in [3.05, 3.63) is 42.1 Å². The van der Waals surface area contributed by atoms with Crippen LogP contribution in [-0.4, -0.2) is 69.9 Å². The SMILES string of the molecule is CC(C)N1CCC(CNC(=O)c2cccc3cn(C(C)COC(=O)/C=C/C(=O)O)nc23)CC1. The molecule has 1 aromatic heterocycles. The molecular weight excluding hydrogens is 424 g/mol. The number of likely N-dealkylation sites (tertiary alicyclic amines) is 1. The standard InChI is InChI=1S/C24H32N4O5/c1-16(2)27-11-9-18(10-12-27)13-25-24(32)20-6-4-5-19-14-28(26-23(19)20)17(3)15-33-22(31)8-7-21(29)30/h4-8,14,16-18H,9-13,15H2,1-3H3,(H,25,32)(H,29,30)/b8-7+. The van der Waals surface area contributed by atoms with E-state index in [4.69, 9.17) is 9.84 Å². The summed E-state index contributed by atoms with van der Waals surface area (Å²) in [5.74, 6) is -1.62. The lowest BCUT2D eigenvalue weighted by molar-refractivity contribution is -0.139. The molecule has 1 saturated heterocycles. The van der Waals surface area contributed by atoms with Gasteiger partial charge in [0.25, 0.3) is 5.91 Å². The Bertz CT molecular complexity index is 1020. The predicted molar refractivity (Wildman–Crippen MR) is 124 cm³/mol.